The second-order valence-corrected chi connectivity index (χ2v) is 8.86. The Labute approximate surface area is 216 Å². The molecule has 3 heterocycles. The van der Waals surface area contributed by atoms with Gasteiger partial charge in [0.05, 0.1) is 22.5 Å². The third-order valence-corrected chi connectivity index (χ3v) is 6.30. The van der Waals surface area contributed by atoms with Crippen LogP contribution in [0.25, 0.3) is 22.5 Å². The molecular formula is C26H19F8N5. The van der Waals surface area contributed by atoms with Gasteiger partial charge in [0.25, 0.3) is 0 Å². The maximum absolute atomic E-state index is 14.0. The predicted octanol–water partition coefficient (Wildman–Crippen LogP) is 6.78. The lowest BCUT2D eigenvalue weighted by Gasteiger charge is -2.36. The van der Waals surface area contributed by atoms with Crippen LogP contribution in [0.1, 0.15) is 11.1 Å². The number of hydrogen-bond donors (Lipinski definition) is 1. The van der Waals surface area contributed by atoms with Gasteiger partial charge < -0.3 is 14.8 Å². The highest BCUT2D eigenvalue weighted by Crippen LogP contribution is 2.37. The first-order valence-corrected chi connectivity index (χ1v) is 11.7. The number of aromatic nitrogens is 3. The van der Waals surface area contributed by atoms with Crippen LogP contribution in [0.5, 0.6) is 0 Å². The molecule has 204 valence electrons. The molecule has 0 aliphatic carbocycles. The van der Waals surface area contributed by atoms with E-state index in [0.717, 1.165) is 30.3 Å². The summed E-state index contributed by atoms with van der Waals surface area (Å²) in [5, 5.41) is 0. The van der Waals surface area contributed by atoms with Crippen LogP contribution in [-0.2, 0) is 12.4 Å². The first-order chi connectivity index (χ1) is 18.4. The zero-order valence-electron chi connectivity index (χ0n) is 19.9. The van der Waals surface area contributed by atoms with Crippen molar-refractivity contribution < 1.29 is 35.1 Å². The lowest BCUT2D eigenvalue weighted by atomic mass is 10.0. The average molecular weight is 553 g/mol. The van der Waals surface area contributed by atoms with E-state index in [2.05, 4.69) is 15.0 Å². The minimum Gasteiger partial charge on any atom is -0.353 e. The Bertz CT molecular complexity index is 1450. The third-order valence-electron chi connectivity index (χ3n) is 6.30. The van der Waals surface area contributed by atoms with Gasteiger partial charge in [0.2, 0.25) is 5.95 Å². The van der Waals surface area contributed by atoms with E-state index in [4.69, 9.17) is 0 Å². The number of hydrogen-bond acceptors (Lipinski definition) is 4. The number of nitrogens with zero attached hydrogens (tertiary/aromatic N) is 4. The van der Waals surface area contributed by atoms with Gasteiger partial charge in [-0.05, 0) is 36.4 Å². The first-order valence-electron chi connectivity index (χ1n) is 11.7. The monoisotopic (exact) mass is 553 g/mol. The standard InChI is InChI=1S/C26H19F8N5/c27-18-12-16(13-19(28)14-18)22-21(15-3-5-17(6-4-15)25(29,30)31)36-24(37-22)39-10-8-38(9-11-39)23-20(26(32,33)34)2-1-7-35-23/h1-7,12-14H,8-11H2,(H,36,37). The van der Waals surface area contributed by atoms with Gasteiger partial charge in [-0.25, -0.2) is 18.7 Å². The van der Waals surface area contributed by atoms with Gasteiger partial charge in [0, 0.05) is 49.6 Å². The van der Waals surface area contributed by atoms with E-state index in [1.165, 1.54) is 29.3 Å². The summed E-state index contributed by atoms with van der Waals surface area (Å²) in [4.78, 5) is 14.7. The number of nitrogens with one attached hydrogen (secondary N) is 1. The third kappa shape index (κ3) is 5.52. The molecule has 5 nitrogen and oxygen atoms in total. The smallest absolute Gasteiger partial charge is 0.353 e. The molecule has 1 aliphatic rings. The van der Waals surface area contributed by atoms with Crippen LogP contribution in [0.2, 0.25) is 0 Å². The number of piperazine rings is 1. The van der Waals surface area contributed by atoms with Gasteiger partial charge in [-0.15, -0.1) is 0 Å². The SMILES string of the molecule is Fc1cc(F)cc(-c2nc(N3CCN(c4ncccc4C(F)(F)F)CC3)[nH]c2-c2ccc(C(F)(F)F)cc2)c1. The summed E-state index contributed by atoms with van der Waals surface area (Å²) in [6, 6.07) is 9.16. The molecule has 1 fully saturated rings. The Kier molecular flexibility index (Phi) is 6.69. The van der Waals surface area contributed by atoms with E-state index in [9.17, 15) is 35.1 Å². The van der Waals surface area contributed by atoms with E-state index < -0.39 is 35.1 Å². The number of halogens is 8. The quantitative estimate of drug-likeness (QED) is 0.283. The summed E-state index contributed by atoms with van der Waals surface area (Å²) in [7, 11) is 0. The number of rotatable bonds is 4. The predicted molar refractivity (Wildman–Crippen MR) is 128 cm³/mol. The Morgan fingerprint density at radius 3 is 1.92 bits per heavy atom. The van der Waals surface area contributed by atoms with Gasteiger partial charge in [-0.2, -0.15) is 26.3 Å². The Balaban J connectivity index is 1.47. The molecule has 0 bridgehead atoms. The largest absolute Gasteiger partial charge is 0.419 e. The summed E-state index contributed by atoms with van der Waals surface area (Å²) in [5.74, 6) is -1.67. The highest BCUT2D eigenvalue weighted by Gasteiger charge is 2.36. The topological polar surface area (TPSA) is 48.1 Å². The zero-order valence-corrected chi connectivity index (χ0v) is 19.9. The summed E-state index contributed by atoms with van der Waals surface area (Å²) in [6.07, 6.45) is -7.84. The molecule has 0 atom stereocenters. The number of H-pyrrole nitrogens is 1. The molecule has 2 aromatic carbocycles. The highest BCUT2D eigenvalue weighted by molar-refractivity contribution is 5.80. The average Bonchev–Trinajstić information content (AvgIpc) is 3.33. The fourth-order valence-electron chi connectivity index (χ4n) is 4.45. The van der Waals surface area contributed by atoms with Crippen LogP contribution in [-0.4, -0.2) is 41.1 Å². The fraction of sp³-hybridized carbons (Fsp3) is 0.231. The van der Waals surface area contributed by atoms with Crippen molar-refractivity contribution in [1.82, 2.24) is 15.0 Å². The molecule has 1 N–H and O–H groups in total. The van der Waals surface area contributed by atoms with Crippen LogP contribution in [0.4, 0.5) is 46.9 Å². The van der Waals surface area contributed by atoms with Crippen molar-refractivity contribution in [1.29, 1.82) is 0 Å². The van der Waals surface area contributed by atoms with E-state index in [0.29, 0.717) is 11.6 Å². The fourth-order valence-corrected chi connectivity index (χ4v) is 4.45. The van der Waals surface area contributed by atoms with Crippen LogP contribution < -0.4 is 9.80 Å². The maximum atomic E-state index is 14.0. The second-order valence-electron chi connectivity index (χ2n) is 8.86. The van der Waals surface area contributed by atoms with Gasteiger partial charge >= 0.3 is 12.4 Å². The van der Waals surface area contributed by atoms with Crippen molar-refractivity contribution in [3.63, 3.8) is 0 Å². The Hall–Kier alpha value is -4.16. The molecular weight excluding hydrogens is 534 g/mol. The maximum Gasteiger partial charge on any atom is 0.419 e. The van der Waals surface area contributed by atoms with Crippen molar-refractivity contribution in [2.75, 3.05) is 36.0 Å². The molecule has 13 heteroatoms. The minimum atomic E-state index is -4.58. The number of pyridine rings is 1. The number of alkyl halides is 6. The van der Waals surface area contributed by atoms with Crippen LogP contribution in [0.15, 0.2) is 60.8 Å². The molecule has 1 aliphatic heterocycles. The van der Waals surface area contributed by atoms with Gasteiger partial charge in [-0.1, -0.05) is 12.1 Å². The molecule has 0 unspecified atom stereocenters. The van der Waals surface area contributed by atoms with Crippen LogP contribution in [0, 0.1) is 11.6 Å². The van der Waals surface area contributed by atoms with Crippen LogP contribution in [0.3, 0.4) is 0 Å². The van der Waals surface area contributed by atoms with Crippen molar-refractivity contribution in [2.24, 2.45) is 0 Å². The minimum absolute atomic E-state index is 0.0619. The lowest BCUT2D eigenvalue weighted by molar-refractivity contribution is -0.138. The first kappa shape index (κ1) is 26.4. The summed E-state index contributed by atoms with van der Waals surface area (Å²) in [5.41, 5.74) is -1.02. The molecule has 0 spiro atoms. The van der Waals surface area contributed by atoms with Crippen molar-refractivity contribution in [3.05, 3.63) is 83.6 Å². The molecule has 0 amide bonds. The van der Waals surface area contributed by atoms with Crippen LogP contribution >= 0.6 is 0 Å². The van der Waals surface area contributed by atoms with Gasteiger partial charge in [0.1, 0.15) is 17.5 Å². The summed E-state index contributed by atoms with van der Waals surface area (Å²) >= 11 is 0. The lowest BCUT2D eigenvalue weighted by Crippen LogP contribution is -2.47. The molecule has 39 heavy (non-hydrogen) atoms. The van der Waals surface area contributed by atoms with Gasteiger partial charge in [0.15, 0.2) is 0 Å². The number of anilines is 2. The second kappa shape index (κ2) is 9.86. The van der Waals surface area contributed by atoms with Gasteiger partial charge in [-0.3, -0.25) is 0 Å². The zero-order chi connectivity index (χ0) is 27.9. The number of imidazole rings is 1. The van der Waals surface area contributed by atoms with Crippen molar-refractivity contribution in [2.45, 2.75) is 12.4 Å². The van der Waals surface area contributed by atoms with E-state index in [1.807, 2.05) is 0 Å². The molecule has 2 aromatic heterocycles. The molecule has 4 aromatic rings. The number of aromatic amines is 1. The molecule has 0 radical (unpaired) electrons. The molecule has 0 saturated carbocycles. The van der Waals surface area contributed by atoms with Crippen molar-refractivity contribution in [3.8, 4) is 22.5 Å². The summed E-state index contributed by atoms with van der Waals surface area (Å²) < 4.78 is 108. The Morgan fingerprint density at radius 2 is 1.33 bits per heavy atom. The Morgan fingerprint density at radius 1 is 0.718 bits per heavy atom. The molecule has 5 rings (SSSR count). The number of benzene rings is 2. The highest BCUT2D eigenvalue weighted by atomic mass is 19.4. The summed E-state index contributed by atoms with van der Waals surface area (Å²) in [6.45, 7) is 0.788. The normalized spacial score (nSPS) is 14.7. The molecule has 1 saturated heterocycles. The van der Waals surface area contributed by atoms with E-state index in [-0.39, 0.29) is 54.9 Å². The van der Waals surface area contributed by atoms with E-state index >= 15 is 0 Å². The van der Waals surface area contributed by atoms with E-state index in [1.54, 1.807) is 4.90 Å². The van der Waals surface area contributed by atoms with Crippen molar-refractivity contribution >= 4 is 11.8 Å².